The van der Waals surface area contributed by atoms with Crippen LogP contribution in [0.2, 0.25) is 0 Å². The summed E-state index contributed by atoms with van der Waals surface area (Å²) in [7, 11) is 0. The van der Waals surface area contributed by atoms with Crippen LogP contribution in [0.4, 0.5) is 11.8 Å². The molecule has 0 saturated heterocycles. The average Bonchev–Trinajstić information content (AvgIpc) is 2.64. The molecule has 0 fully saturated rings. The molecule has 0 radical (unpaired) electrons. The summed E-state index contributed by atoms with van der Waals surface area (Å²) < 4.78 is 1.16. The van der Waals surface area contributed by atoms with Crippen LogP contribution in [-0.2, 0) is 6.42 Å². The Morgan fingerprint density at radius 1 is 1.38 bits per heavy atom. The van der Waals surface area contributed by atoms with E-state index >= 15 is 0 Å². The number of nitrogen functional groups attached to an aromatic ring is 1. The number of hydrogen-bond donors (Lipinski definition) is 2. The lowest BCUT2D eigenvalue weighted by molar-refractivity contribution is 1.00. The number of halogens is 1. The van der Waals surface area contributed by atoms with Crippen LogP contribution < -0.4 is 11.1 Å². The largest absolute Gasteiger partial charge is 0.384 e. The Morgan fingerprint density at radius 3 is 2.94 bits per heavy atom. The van der Waals surface area contributed by atoms with Crippen molar-refractivity contribution in [2.24, 2.45) is 0 Å². The maximum atomic E-state index is 5.55. The summed E-state index contributed by atoms with van der Waals surface area (Å²) in [5, 5.41) is 3.13. The molecule has 0 amide bonds. The van der Waals surface area contributed by atoms with Gasteiger partial charge < -0.3 is 11.1 Å². The van der Waals surface area contributed by atoms with Gasteiger partial charge in [-0.15, -0.1) is 11.3 Å². The van der Waals surface area contributed by atoms with Gasteiger partial charge in [0.2, 0.25) is 5.95 Å². The zero-order valence-electron chi connectivity index (χ0n) is 8.48. The molecule has 2 aromatic rings. The predicted octanol–water partition coefficient (Wildman–Crippen LogP) is 2.54. The molecule has 2 aromatic heterocycles. The second kappa shape index (κ2) is 5.27. The Balaban J connectivity index is 1.84. The van der Waals surface area contributed by atoms with E-state index in [9.17, 15) is 0 Å². The second-order valence-electron chi connectivity index (χ2n) is 3.19. The summed E-state index contributed by atoms with van der Waals surface area (Å²) in [6.45, 7) is 0.802. The lowest BCUT2D eigenvalue weighted by Gasteiger charge is -2.03. The van der Waals surface area contributed by atoms with Gasteiger partial charge in [0.1, 0.15) is 5.82 Å². The normalized spacial score (nSPS) is 10.3. The third-order valence-electron chi connectivity index (χ3n) is 1.96. The van der Waals surface area contributed by atoms with E-state index in [0.29, 0.717) is 11.8 Å². The van der Waals surface area contributed by atoms with Gasteiger partial charge in [-0.05, 0) is 40.5 Å². The molecule has 2 rings (SSSR count). The fourth-order valence-corrected chi connectivity index (χ4v) is 2.72. The summed E-state index contributed by atoms with van der Waals surface area (Å²) in [5.74, 6) is 1.06. The van der Waals surface area contributed by atoms with Gasteiger partial charge in [-0.2, -0.15) is 4.98 Å². The molecule has 84 valence electrons. The first kappa shape index (κ1) is 11.3. The zero-order chi connectivity index (χ0) is 11.4. The highest BCUT2D eigenvalue weighted by molar-refractivity contribution is 9.11. The van der Waals surface area contributed by atoms with Gasteiger partial charge in [-0.3, -0.25) is 0 Å². The van der Waals surface area contributed by atoms with Gasteiger partial charge in [-0.1, -0.05) is 0 Å². The van der Waals surface area contributed by atoms with Crippen LogP contribution in [0, 0.1) is 0 Å². The first-order chi connectivity index (χ1) is 7.74. The molecule has 0 saturated carbocycles. The molecule has 4 nitrogen and oxygen atoms in total. The summed E-state index contributed by atoms with van der Waals surface area (Å²) in [6, 6.07) is 5.83. The zero-order valence-corrected chi connectivity index (χ0v) is 10.9. The van der Waals surface area contributed by atoms with Crippen LogP contribution in [0.15, 0.2) is 28.2 Å². The highest BCUT2D eigenvalue weighted by Crippen LogP contribution is 2.22. The second-order valence-corrected chi connectivity index (χ2v) is 5.74. The molecule has 2 heterocycles. The van der Waals surface area contributed by atoms with Crippen molar-refractivity contribution in [2.75, 3.05) is 17.6 Å². The fraction of sp³-hybridized carbons (Fsp3) is 0.200. The maximum Gasteiger partial charge on any atom is 0.224 e. The van der Waals surface area contributed by atoms with Crippen molar-refractivity contribution in [1.29, 1.82) is 0 Å². The van der Waals surface area contributed by atoms with Crippen LogP contribution in [-0.4, -0.2) is 16.5 Å². The van der Waals surface area contributed by atoms with Gasteiger partial charge in [0.25, 0.3) is 0 Å². The number of rotatable bonds is 4. The van der Waals surface area contributed by atoms with Crippen molar-refractivity contribution in [3.05, 3.63) is 33.1 Å². The summed E-state index contributed by atoms with van der Waals surface area (Å²) in [5.41, 5.74) is 5.55. The first-order valence-corrected chi connectivity index (χ1v) is 6.41. The van der Waals surface area contributed by atoms with E-state index in [1.54, 1.807) is 23.6 Å². The molecular formula is C10H11BrN4S. The number of nitrogens with one attached hydrogen (secondary N) is 1. The van der Waals surface area contributed by atoms with Crippen LogP contribution in [0.25, 0.3) is 0 Å². The van der Waals surface area contributed by atoms with Crippen LogP contribution in [0.3, 0.4) is 0 Å². The van der Waals surface area contributed by atoms with E-state index in [4.69, 9.17) is 5.73 Å². The maximum absolute atomic E-state index is 5.55. The number of nitrogens with two attached hydrogens (primary N) is 1. The van der Waals surface area contributed by atoms with E-state index in [1.807, 2.05) is 0 Å². The number of anilines is 2. The van der Waals surface area contributed by atoms with Crippen molar-refractivity contribution in [1.82, 2.24) is 9.97 Å². The molecule has 6 heteroatoms. The summed E-state index contributed by atoms with van der Waals surface area (Å²) in [6.07, 6.45) is 2.60. The molecule has 0 aliphatic carbocycles. The third kappa shape index (κ3) is 3.18. The van der Waals surface area contributed by atoms with Crippen molar-refractivity contribution < 1.29 is 0 Å². The van der Waals surface area contributed by atoms with Gasteiger partial charge in [-0.25, -0.2) is 4.98 Å². The average molecular weight is 299 g/mol. The van der Waals surface area contributed by atoms with Gasteiger partial charge >= 0.3 is 0 Å². The number of aromatic nitrogens is 2. The fourth-order valence-electron chi connectivity index (χ4n) is 1.24. The van der Waals surface area contributed by atoms with Gasteiger partial charge in [0.15, 0.2) is 0 Å². The highest BCUT2D eigenvalue weighted by atomic mass is 79.9. The molecule has 0 aliphatic rings. The summed E-state index contributed by atoms with van der Waals surface area (Å²) >= 11 is 5.17. The lowest BCUT2D eigenvalue weighted by Crippen LogP contribution is -2.07. The quantitative estimate of drug-likeness (QED) is 0.910. The molecule has 0 aliphatic heterocycles. The Hall–Kier alpha value is -1.14. The first-order valence-electron chi connectivity index (χ1n) is 4.80. The van der Waals surface area contributed by atoms with Crippen molar-refractivity contribution in [3.8, 4) is 0 Å². The SMILES string of the molecule is Nc1ccnc(NCCc2ccc(Br)s2)n1. The Bertz CT molecular complexity index is 471. The molecule has 0 spiro atoms. The van der Waals surface area contributed by atoms with E-state index in [1.165, 1.54) is 4.88 Å². The topological polar surface area (TPSA) is 63.8 Å². The highest BCUT2D eigenvalue weighted by Gasteiger charge is 1.99. The Morgan fingerprint density at radius 2 is 2.25 bits per heavy atom. The smallest absolute Gasteiger partial charge is 0.224 e. The summed E-state index contributed by atoms with van der Waals surface area (Å²) in [4.78, 5) is 9.45. The van der Waals surface area contributed by atoms with Gasteiger partial charge in [0, 0.05) is 17.6 Å². The van der Waals surface area contributed by atoms with E-state index in [-0.39, 0.29) is 0 Å². The minimum Gasteiger partial charge on any atom is -0.384 e. The number of nitrogens with zero attached hydrogens (tertiary/aromatic N) is 2. The molecular weight excluding hydrogens is 288 g/mol. The van der Waals surface area contributed by atoms with Crippen LogP contribution in [0.1, 0.15) is 4.88 Å². The molecule has 0 bridgehead atoms. The molecule has 0 unspecified atom stereocenters. The van der Waals surface area contributed by atoms with Crippen LogP contribution >= 0.6 is 27.3 Å². The van der Waals surface area contributed by atoms with Crippen molar-refractivity contribution in [2.45, 2.75) is 6.42 Å². The molecule has 0 atom stereocenters. The lowest BCUT2D eigenvalue weighted by atomic mass is 10.3. The van der Waals surface area contributed by atoms with Crippen molar-refractivity contribution in [3.63, 3.8) is 0 Å². The standard InChI is InChI=1S/C10H11BrN4S/c11-8-2-1-7(16-8)3-5-13-10-14-6-4-9(12)15-10/h1-2,4,6H,3,5H2,(H3,12,13,14,15). The van der Waals surface area contributed by atoms with E-state index < -0.39 is 0 Å². The Kier molecular flexibility index (Phi) is 3.74. The van der Waals surface area contributed by atoms with Crippen LogP contribution in [0.5, 0.6) is 0 Å². The number of thiophene rings is 1. The van der Waals surface area contributed by atoms with E-state index in [0.717, 1.165) is 16.8 Å². The third-order valence-corrected chi connectivity index (χ3v) is 3.64. The minimum absolute atomic E-state index is 0.483. The molecule has 3 N–H and O–H groups in total. The van der Waals surface area contributed by atoms with E-state index in [2.05, 4.69) is 43.3 Å². The predicted molar refractivity (Wildman–Crippen MR) is 70.7 cm³/mol. The minimum atomic E-state index is 0.483. The Labute approximate surface area is 106 Å². The number of hydrogen-bond acceptors (Lipinski definition) is 5. The monoisotopic (exact) mass is 298 g/mol. The van der Waals surface area contributed by atoms with Gasteiger partial charge in [0.05, 0.1) is 3.79 Å². The molecule has 0 aromatic carbocycles. The molecule has 16 heavy (non-hydrogen) atoms. The van der Waals surface area contributed by atoms with Crippen molar-refractivity contribution >= 4 is 39.0 Å².